The van der Waals surface area contributed by atoms with E-state index >= 15 is 0 Å². The second-order valence-electron chi connectivity index (χ2n) is 11.7. The van der Waals surface area contributed by atoms with Gasteiger partial charge in [-0.25, -0.2) is 0 Å². The van der Waals surface area contributed by atoms with Crippen molar-refractivity contribution in [3.63, 3.8) is 0 Å². The number of primary amides is 1. The Morgan fingerprint density at radius 3 is 1.23 bits per heavy atom. The maximum atomic E-state index is 10.5. The summed E-state index contributed by atoms with van der Waals surface area (Å²) in [5.74, 6) is -6.79. The molecule has 1 amide bonds. The van der Waals surface area contributed by atoms with Gasteiger partial charge in [0.25, 0.3) is 0 Å². The van der Waals surface area contributed by atoms with Crippen LogP contribution in [0.3, 0.4) is 0 Å². The van der Waals surface area contributed by atoms with Gasteiger partial charge >= 0.3 is 41.8 Å². The van der Waals surface area contributed by atoms with Gasteiger partial charge < -0.3 is 81.6 Å². The minimum absolute atomic E-state index is 0.00352. The lowest BCUT2D eigenvalue weighted by Gasteiger charge is -2.07. The summed E-state index contributed by atoms with van der Waals surface area (Å²) in [5, 5.41) is 58.5. The predicted molar refractivity (Wildman–Crippen MR) is 209 cm³/mol. The SMILES string of the molecule is [2H]NC(=O)CC[C@H](N[2H])C(=O)O.[2H]NCCCC[C@H](N[2H])C(=O)O.[2H]N[C@@H](CC(C)C)C(=O)O.[2H]N[C@@H](CCC(=O)O)C(=O)O.[2H]N[C@@H](CCC)C(=O)O.[2H]N[C@@H](CCSC)C(=O)O. The molecule has 0 aliphatic heterocycles. The normalized spacial score (nSPS) is 14.8. The van der Waals surface area contributed by atoms with Crippen molar-refractivity contribution < 1.29 is 85.4 Å². The molecule has 0 radical (unpaired) electrons. The Bertz CT molecular complexity index is 1270. The molecule has 332 valence electrons. The smallest absolute Gasteiger partial charge is 0.320 e. The molecule has 0 aliphatic rings. The van der Waals surface area contributed by atoms with E-state index in [1.165, 1.54) is 0 Å². The monoisotopic (exact) mass is 845 g/mol. The van der Waals surface area contributed by atoms with Gasteiger partial charge in [-0.3, -0.25) is 38.4 Å². The second kappa shape index (κ2) is 42.0. The number of unbranched alkanes of at least 4 members (excludes halogenated alkanes) is 1. The first-order valence-corrected chi connectivity index (χ1v) is 18.3. The average Bonchev–Trinajstić information content (AvgIpc) is 3.22. The zero-order chi connectivity index (χ0) is 51.2. The van der Waals surface area contributed by atoms with E-state index < -0.39 is 83.9 Å². The highest BCUT2D eigenvalue weighted by Gasteiger charge is 2.14. The molecule has 0 heterocycles. The van der Waals surface area contributed by atoms with Crippen LogP contribution >= 0.6 is 11.8 Å². The Morgan fingerprint density at radius 1 is 0.554 bits per heavy atom. The van der Waals surface area contributed by atoms with E-state index in [0.717, 1.165) is 18.6 Å². The number of carbonyl (C=O) groups is 8. The molecule has 0 aromatic heterocycles. The Hall–Kier alpha value is -4.17. The largest absolute Gasteiger partial charge is 0.481 e. The molecule has 6 atom stereocenters. The number of nitrogens with two attached hydrogens (primary N) is 8. The van der Waals surface area contributed by atoms with Crippen LogP contribution in [0.15, 0.2) is 0 Å². The van der Waals surface area contributed by atoms with Crippen LogP contribution in [0.5, 0.6) is 0 Å². The Kier molecular flexibility index (Phi) is 34.6. The van der Waals surface area contributed by atoms with Crippen molar-refractivity contribution >= 4 is 59.5 Å². The van der Waals surface area contributed by atoms with Crippen LogP contribution in [-0.4, -0.2) is 138 Å². The molecule has 0 aromatic carbocycles. The van der Waals surface area contributed by atoms with Gasteiger partial charge in [-0.15, -0.1) is 0 Å². The van der Waals surface area contributed by atoms with Gasteiger partial charge in [0.15, 0.2) is 1.41 Å². The fourth-order valence-electron chi connectivity index (χ4n) is 2.73. The lowest BCUT2D eigenvalue weighted by Crippen LogP contribution is -2.31. The third-order valence-electron chi connectivity index (χ3n) is 5.91. The number of hydrogen-bond donors (Lipinski definition) is 15. The molecule has 0 bridgehead atoms. The zero-order valence-corrected chi connectivity index (χ0v) is 32.9. The molecule has 0 aliphatic carbocycles. The average molecular weight is 845 g/mol. The standard InChI is InChI=1S/C6H14N2O2.C6H13NO2.C5H10N2O3.C5H9NO4.C5H11NO2S.C5H11NO2/c7-4-2-1-3-5(8)6(9)10;1-4(2)3-5(7)6(8)9;2*6-3(5(9)10)1-2-4(7)8;1-9-3-2-4(6)5(7)8;1-2-3-4(6)5(7)8/h5H,1-4,7-8H2,(H,9,10);4-5H,3,7H2,1-2H3,(H,8,9);3H,1-2,6H2,(H2,7,8)(H,9,10);3H,1-2,6H2,(H,7,8)(H,9,10);4H,2-3,6H2,1H3,(H,7,8);4H,2-3,6H2,1H3,(H,7,8)/t2*5-;2*3-;2*4-/m000000/s1/i/hD8. The third kappa shape index (κ3) is 56.6. The number of carbonyl (C=O) groups excluding carboxylic acids is 1. The molecule has 23 nitrogen and oxygen atoms in total. The summed E-state index contributed by atoms with van der Waals surface area (Å²) in [6.45, 7) is 6.29. The third-order valence-corrected chi connectivity index (χ3v) is 6.55. The molecular weight excluding hydrogens is 768 g/mol. The number of thioether (sulfide) groups is 1. The van der Waals surface area contributed by atoms with E-state index in [1.807, 2.05) is 49.9 Å². The van der Waals surface area contributed by atoms with Crippen LogP contribution in [-0.2, 0) is 38.4 Å². The Labute approximate surface area is 342 Å². The quantitative estimate of drug-likeness (QED) is 0.0356. The Balaban J connectivity index is -0.000000158. The van der Waals surface area contributed by atoms with E-state index in [0.29, 0.717) is 44.6 Å². The number of hydrogen-bond acceptors (Lipinski definition) is 16. The Morgan fingerprint density at radius 2 is 0.946 bits per heavy atom. The van der Waals surface area contributed by atoms with Gasteiger partial charge in [0.2, 0.25) is 5.91 Å². The summed E-state index contributed by atoms with van der Waals surface area (Å²) in [4.78, 5) is 81.9. The van der Waals surface area contributed by atoms with Crippen molar-refractivity contribution in [2.24, 2.45) is 51.7 Å². The van der Waals surface area contributed by atoms with E-state index in [9.17, 15) is 38.4 Å². The molecule has 24 heteroatoms. The van der Waals surface area contributed by atoms with Crippen molar-refractivity contribution in [1.82, 2.24) is 0 Å². The summed E-state index contributed by atoms with van der Waals surface area (Å²) in [5.41, 5.74) is 15.2. The maximum Gasteiger partial charge on any atom is 0.320 e. The molecule has 0 aromatic rings. The summed E-state index contributed by atoms with van der Waals surface area (Å²) in [6.07, 6.45) is 5.69. The maximum absolute atomic E-state index is 10.5. The number of carboxylic acid groups (broad SMARTS) is 7. The minimum Gasteiger partial charge on any atom is -0.481 e. The lowest BCUT2D eigenvalue weighted by atomic mass is 10.1. The molecule has 23 N–H and O–H groups in total. The molecule has 0 saturated heterocycles. The molecule has 0 unspecified atom stereocenters. The molecule has 0 rings (SSSR count). The van der Waals surface area contributed by atoms with E-state index in [2.05, 4.69) is 5.73 Å². The van der Waals surface area contributed by atoms with Crippen molar-refractivity contribution in [3.8, 4) is 0 Å². The first-order chi connectivity index (χ1) is 29.9. The van der Waals surface area contributed by atoms with Crippen molar-refractivity contribution in [2.45, 2.75) is 128 Å². The summed E-state index contributed by atoms with van der Waals surface area (Å²) < 4.78 is 52.6. The summed E-state index contributed by atoms with van der Waals surface area (Å²) >= 11 is 1.58. The minimum atomic E-state index is -1.21. The molecule has 0 spiro atoms. The molecule has 56 heavy (non-hydrogen) atoms. The highest BCUT2D eigenvalue weighted by Crippen LogP contribution is 2.02. The predicted octanol–water partition coefficient (Wildman–Crippen LogP) is -1.75. The fourth-order valence-corrected chi connectivity index (χ4v) is 3.20. The number of rotatable bonds is 30. The summed E-state index contributed by atoms with van der Waals surface area (Å²) in [7, 11) is 0. The van der Waals surface area contributed by atoms with Crippen molar-refractivity contribution in [1.29, 1.82) is 0 Å². The van der Waals surface area contributed by atoms with E-state index in [1.54, 1.807) is 28.9 Å². The molecular formula is C32H68N8O15S. The van der Waals surface area contributed by atoms with Crippen LogP contribution in [0, 0.1) is 5.92 Å². The molecule has 0 saturated carbocycles. The van der Waals surface area contributed by atoms with E-state index in [-0.39, 0.29) is 25.7 Å². The molecule has 0 fully saturated rings. The van der Waals surface area contributed by atoms with Crippen LogP contribution in [0.25, 0.3) is 0 Å². The van der Waals surface area contributed by atoms with Crippen LogP contribution in [0.1, 0.15) is 91.4 Å². The second-order valence-corrected chi connectivity index (χ2v) is 12.7. The first kappa shape index (κ1) is 46.2. The number of amides is 1. The lowest BCUT2D eigenvalue weighted by molar-refractivity contribution is -0.141. The highest BCUT2D eigenvalue weighted by atomic mass is 32.2. The highest BCUT2D eigenvalue weighted by molar-refractivity contribution is 7.98. The first-order valence-electron chi connectivity index (χ1n) is 20.9. The number of carboxylic acids is 7. The van der Waals surface area contributed by atoms with E-state index in [4.69, 9.17) is 47.0 Å². The fraction of sp³-hybridized carbons (Fsp3) is 0.750. The van der Waals surface area contributed by atoms with Gasteiger partial charge in [0, 0.05) is 12.8 Å². The van der Waals surface area contributed by atoms with Gasteiger partial charge in [-0.05, 0) is 69.4 Å². The topological polar surface area (TPSA) is 486 Å². The van der Waals surface area contributed by atoms with Crippen molar-refractivity contribution in [2.75, 3.05) is 18.6 Å². The van der Waals surface area contributed by atoms with Crippen LogP contribution in [0.4, 0.5) is 0 Å². The zero-order valence-electron chi connectivity index (χ0n) is 40.0. The van der Waals surface area contributed by atoms with Gasteiger partial charge in [-0.2, -0.15) is 11.8 Å². The van der Waals surface area contributed by atoms with Crippen molar-refractivity contribution in [3.05, 3.63) is 0 Å². The van der Waals surface area contributed by atoms with Gasteiger partial charge in [0.1, 0.15) is 46.1 Å². The van der Waals surface area contributed by atoms with Gasteiger partial charge in [0.05, 0.1) is 0 Å². The van der Waals surface area contributed by atoms with Crippen LogP contribution in [0.2, 0.25) is 11.3 Å². The number of aliphatic carboxylic acids is 7. The van der Waals surface area contributed by atoms with Gasteiger partial charge in [-0.1, -0.05) is 33.6 Å². The van der Waals surface area contributed by atoms with Crippen LogP contribution < -0.4 is 45.8 Å². The summed E-state index contributed by atoms with van der Waals surface area (Å²) in [6, 6.07) is -5.06.